The molecule has 2 heterocycles. The van der Waals surface area contributed by atoms with E-state index in [0.29, 0.717) is 47.2 Å². The summed E-state index contributed by atoms with van der Waals surface area (Å²) in [5.41, 5.74) is 2.58. The molecule has 0 spiro atoms. The van der Waals surface area contributed by atoms with Gasteiger partial charge < -0.3 is 18.9 Å². The van der Waals surface area contributed by atoms with E-state index in [1.807, 2.05) is 19.1 Å². The summed E-state index contributed by atoms with van der Waals surface area (Å²) in [6.45, 7) is 6.29. The molecule has 0 bridgehead atoms. The van der Waals surface area contributed by atoms with E-state index in [1.165, 1.54) is 11.3 Å². The molecule has 1 saturated heterocycles. The number of hydrogen-bond acceptors (Lipinski definition) is 8. The van der Waals surface area contributed by atoms with Crippen LogP contribution in [0, 0.1) is 6.92 Å². The van der Waals surface area contributed by atoms with Crippen molar-refractivity contribution >= 4 is 62.7 Å². The number of carbonyl (C=O) groups excluding carboxylic acids is 1. The molecule has 1 amide bonds. The SMILES string of the molecule is COc1cc(/C=C/C(=O)N(CCN2CCOCC2)c2nc3c(C)ccc(Cl)c3s2)cc(OC)c1OC.Cl. The quantitative estimate of drug-likeness (QED) is 0.333. The third-order valence-corrected chi connectivity index (χ3v) is 7.57. The Morgan fingerprint density at radius 1 is 1.16 bits per heavy atom. The van der Waals surface area contributed by atoms with Gasteiger partial charge in [0, 0.05) is 32.3 Å². The Labute approximate surface area is 232 Å². The van der Waals surface area contributed by atoms with Crippen molar-refractivity contribution in [2.75, 3.05) is 65.6 Å². The first kappa shape index (κ1) is 29.0. The smallest absolute Gasteiger partial charge is 0.252 e. The lowest BCUT2D eigenvalue weighted by Gasteiger charge is -2.28. The van der Waals surface area contributed by atoms with Gasteiger partial charge >= 0.3 is 0 Å². The van der Waals surface area contributed by atoms with Crippen LogP contribution in [0.4, 0.5) is 5.13 Å². The maximum absolute atomic E-state index is 13.5. The first-order valence-corrected chi connectivity index (χ1v) is 12.8. The molecule has 1 aliphatic heterocycles. The van der Waals surface area contributed by atoms with E-state index in [0.717, 1.165) is 41.0 Å². The molecular formula is C26H31Cl2N3O5S. The molecule has 1 aliphatic rings. The Morgan fingerprint density at radius 2 is 1.84 bits per heavy atom. The van der Waals surface area contributed by atoms with Crippen LogP contribution in [0.1, 0.15) is 11.1 Å². The molecule has 0 saturated carbocycles. The Balaban J connectivity index is 0.00000380. The minimum atomic E-state index is -0.176. The first-order chi connectivity index (χ1) is 17.4. The summed E-state index contributed by atoms with van der Waals surface area (Å²) in [6.07, 6.45) is 3.28. The number of aromatic nitrogens is 1. The molecule has 11 heteroatoms. The summed E-state index contributed by atoms with van der Waals surface area (Å²) in [4.78, 5) is 22.3. The van der Waals surface area contributed by atoms with Gasteiger partial charge in [0.15, 0.2) is 16.6 Å². The van der Waals surface area contributed by atoms with Crippen LogP contribution in [0.15, 0.2) is 30.3 Å². The number of amides is 1. The molecule has 0 N–H and O–H groups in total. The molecule has 2 aromatic carbocycles. The summed E-state index contributed by atoms with van der Waals surface area (Å²) >= 11 is 7.87. The standard InChI is InChI=1S/C26H30ClN3O5S.ClH/c1-17-5-7-19(27)25-23(17)28-26(36-25)30(10-9-29-11-13-35-14-12-29)22(31)8-6-18-15-20(32-2)24(34-4)21(16-18)33-3;/h5-8,15-16H,9-14H2,1-4H3;1H/b8-6+;. The number of benzene rings is 2. The number of methoxy groups -OCH3 is 3. The van der Waals surface area contributed by atoms with Crippen LogP contribution in [0.3, 0.4) is 0 Å². The van der Waals surface area contributed by atoms with E-state index < -0.39 is 0 Å². The zero-order valence-electron chi connectivity index (χ0n) is 21.3. The molecule has 200 valence electrons. The molecular weight excluding hydrogens is 537 g/mol. The lowest BCUT2D eigenvalue weighted by molar-refractivity contribution is -0.114. The number of morpholine rings is 1. The van der Waals surface area contributed by atoms with Crippen LogP contribution in [-0.4, -0.2) is 76.5 Å². The second-order valence-corrected chi connectivity index (χ2v) is 9.66. The van der Waals surface area contributed by atoms with Crippen molar-refractivity contribution in [2.24, 2.45) is 0 Å². The van der Waals surface area contributed by atoms with Gasteiger partial charge in [0.25, 0.3) is 5.91 Å². The minimum Gasteiger partial charge on any atom is -0.493 e. The lowest BCUT2D eigenvalue weighted by Crippen LogP contribution is -2.42. The number of anilines is 1. The van der Waals surface area contributed by atoms with E-state index in [4.69, 9.17) is 35.5 Å². The zero-order valence-corrected chi connectivity index (χ0v) is 23.7. The third kappa shape index (κ3) is 6.66. The van der Waals surface area contributed by atoms with Gasteiger partial charge in [-0.15, -0.1) is 12.4 Å². The van der Waals surface area contributed by atoms with Gasteiger partial charge in [-0.2, -0.15) is 0 Å². The molecule has 4 rings (SSSR count). The molecule has 0 unspecified atom stereocenters. The molecule has 37 heavy (non-hydrogen) atoms. The Kier molecular flexibility index (Phi) is 10.4. The van der Waals surface area contributed by atoms with Crippen LogP contribution < -0.4 is 19.1 Å². The maximum Gasteiger partial charge on any atom is 0.252 e. The fourth-order valence-corrected chi connectivity index (χ4v) is 5.38. The van der Waals surface area contributed by atoms with Gasteiger partial charge in [-0.1, -0.05) is 29.0 Å². The van der Waals surface area contributed by atoms with Crippen LogP contribution in [0.5, 0.6) is 17.2 Å². The number of thiazole rings is 1. The summed E-state index contributed by atoms with van der Waals surface area (Å²) in [5, 5.41) is 1.25. The van der Waals surface area contributed by atoms with Gasteiger partial charge in [-0.05, 0) is 42.3 Å². The molecule has 0 atom stereocenters. The number of carbonyl (C=O) groups is 1. The van der Waals surface area contributed by atoms with Crippen molar-refractivity contribution < 1.29 is 23.7 Å². The average Bonchev–Trinajstić information content (AvgIpc) is 3.36. The summed E-state index contributed by atoms with van der Waals surface area (Å²) in [6, 6.07) is 7.40. The first-order valence-electron chi connectivity index (χ1n) is 11.6. The number of nitrogens with zero attached hydrogens (tertiary/aromatic N) is 3. The number of fused-ring (bicyclic) bond motifs is 1. The van der Waals surface area contributed by atoms with Crippen molar-refractivity contribution in [3.05, 3.63) is 46.5 Å². The fraction of sp³-hybridized carbons (Fsp3) is 0.385. The summed E-state index contributed by atoms with van der Waals surface area (Å²) in [5.74, 6) is 1.36. The minimum absolute atomic E-state index is 0. The van der Waals surface area contributed by atoms with E-state index >= 15 is 0 Å². The van der Waals surface area contributed by atoms with Gasteiger partial charge in [0.1, 0.15) is 0 Å². The van der Waals surface area contributed by atoms with Gasteiger partial charge in [-0.3, -0.25) is 14.6 Å². The molecule has 0 radical (unpaired) electrons. The number of ether oxygens (including phenoxy) is 4. The molecule has 0 aliphatic carbocycles. The van der Waals surface area contributed by atoms with E-state index in [2.05, 4.69) is 4.90 Å². The van der Waals surface area contributed by atoms with Crippen LogP contribution in [0.25, 0.3) is 16.3 Å². The average molecular weight is 569 g/mol. The Hall–Kier alpha value is -2.56. The summed E-state index contributed by atoms with van der Waals surface area (Å²) < 4.78 is 22.6. The van der Waals surface area contributed by atoms with Crippen LogP contribution >= 0.6 is 35.3 Å². The van der Waals surface area contributed by atoms with Crippen LogP contribution in [0.2, 0.25) is 5.02 Å². The van der Waals surface area contributed by atoms with Gasteiger partial charge in [0.05, 0.1) is 49.8 Å². The highest BCUT2D eigenvalue weighted by atomic mass is 35.5. The zero-order chi connectivity index (χ0) is 25.7. The monoisotopic (exact) mass is 567 g/mol. The predicted octanol–water partition coefficient (Wildman–Crippen LogP) is 5.08. The van der Waals surface area contributed by atoms with E-state index in [1.54, 1.807) is 50.5 Å². The molecule has 1 aromatic heterocycles. The lowest BCUT2D eigenvalue weighted by atomic mass is 10.1. The maximum atomic E-state index is 13.5. The number of aryl methyl sites for hydroxylation is 1. The van der Waals surface area contributed by atoms with Crippen LogP contribution in [-0.2, 0) is 9.53 Å². The highest BCUT2D eigenvalue weighted by Gasteiger charge is 2.22. The van der Waals surface area contributed by atoms with Crippen molar-refractivity contribution in [1.29, 1.82) is 0 Å². The van der Waals surface area contributed by atoms with Gasteiger partial charge in [-0.25, -0.2) is 4.98 Å². The molecule has 3 aromatic rings. The largest absolute Gasteiger partial charge is 0.493 e. The molecule has 1 fully saturated rings. The number of rotatable bonds is 9. The summed E-state index contributed by atoms with van der Waals surface area (Å²) in [7, 11) is 4.67. The predicted molar refractivity (Wildman–Crippen MR) is 151 cm³/mol. The number of hydrogen-bond donors (Lipinski definition) is 0. The highest BCUT2D eigenvalue weighted by molar-refractivity contribution is 7.23. The second kappa shape index (κ2) is 13.3. The van der Waals surface area contributed by atoms with Gasteiger partial charge in [0.2, 0.25) is 5.75 Å². The van der Waals surface area contributed by atoms with E-state index in [-0.39, 0.29) is 18.3 Å². The topological polar surface area (TPSA) is 73.4 Å². The Bertz CT molecular complexity index is 1200. The number of halogens is 2. The highest BCUT2D eigenvalue weighted by Crippen LogP contribution is 2.39. The van der Waals surface area contributed by atoms with Crippen molar-refractivity contribution in [3.8, 4) is 17.2 Å². The van der Waals surface area contributed by atoms with Crippen molar-refractivity contribution in [1.82, 2.24) is 9.88 Å². The van der Waals surface area contributed by atoms with Crippen molar-refractivity contribution in [3.63, 3.8) is 0 Å². The fourth-order valence-electron chi connectivity index (χ4n) is 4.03. The normalized spacial score (nSPS) is 14.0. The third-order valence-electron chi connectivity index (χ3n) is 6.03. The Morgan fingerprint density at radius 3 is 2.43 bits per heavy atom. The molecule has 8 nitrogen and oxygen atoms in total. The second-order valence-electron chi connectivity index (χ2n) is 8.27. The van der Waals surface area contributed by atoms with E-state index in [9.17, 15) is 4.79 Å². The van der Waals surface area contributed by atoms with Crippen molar-refractivity contribution in [2.45, 2.75) is 6.92 Å².